The van der Waals surface area contributed by atoms with Crippen LogP contribution in [0.4, 0.5) is 5.13 Å². The van der Waals surface area contributed by atoms with Crippen molar-refractivity contribution < 1.29 is 14.7 Å². The number of nitrogens with one attached hydrogen (secondary N) is 1. The Morgan fingerprint density at radius 3 is 2.55 bits per heavy atom. The Balaban J connectivity index is 2.18. The monoisotopic (exact) mass is 296 g/mol. The third kappa shape index (κ3) is 2.22. The first-order valence-corrected chi connectivity index (χ1v) is 7.53. The number of nitrogens with zero attached hydrogens (tertiary/aromatic N) is 1. The van der Waals surface area contributed by atoms with Gasteiger partial charge in [0.15, 0.2) is 5.13 Å². The minimum absolute atomic E-state index is 0.130. The van der Waals surface area contributed by atoms with E-state index in [1.54, 1.807) is 6.92 Å². The minimum Gasteiger partial charge on any atom is -0.481 e. The van der Waals surface area contributed by atoms with Crippen molar-refractivity contribution >= 4 is 28.3 Å². The molecule has 1 aliphatic carbocycles. The van der Waals surface area contributed by atoms with E-state index < -0.39 is 16.8 Å². The zero-order valence-electron chi connectivity index (χ0n) is 12.2. The lowest BCUT2D eigenvalue weighted by Crippen LogP contribution is -2.43. The van der Waals surface area contributed by atoms with E-state index in [4.69, 9.17) is 0 Å². The summed E-state index contributed by atoms with van der Waals surface area (Å²) in [5.41, 5.74) is -0.588. The zero-order valence-corrected chi connectivity index (χ0v) is 13.0. The number of hydrogen-bond acceptors (Lipinski definition) is 4. The van der Waals surface area contributed by atoms with Crippen LogP contribution in [0.1, 0.15) is 39.3 Å². The Kier molecular flexibility index (Phi) is 3.62. The number of thiazole rings is 1. The van der Waals surface area contributed by atoms with E-state index in [-0.39, 0.29) is 11.8 Å². The van der Waals surface area contributed by atoms with Crippen molar-refractivity contribution in [3.63, 3.8) is 0 Å². The van der Waals surface area contributed by atoms with Gasteiger partial charge in [0.05, 0.1) is 11.1 Å². The number of rotatable bonds is 3. The number of amides is 1. The molecule has 1 amide bonds. The van der Waals surface area contributed by atoms with E-state index >= 15 is 0 Å². The Morgan fingerprint density at radius 1 is 1.45 bits per heavy atom. The van der Waals surface area contributed by atoms with E-state index in [1.165, 1.54) is 11.3 Å². The number of aliphatic carboxylic acids is 1. The summed E-state index contributed by atoms with van der Waals surface area (Å²) in [5.74, 6) is -1.27. The molecule has 0 saturated heterocycles. The first-order chi connectivity index (χ1) is 9.18. The maximum atomic E-state index is 12.4. The Morgan fingerprint density at radius 2 is 2.10 bits per heavy atom. The Hall–Kier alpha value is -1.43. The molecule has 1 heterocycles. The maximum absolute atomic E-state index is 12.4. The highest BCUT2D eigenvalue weighted by Crippen LogP contribution is 2.56. The fourth-order valence-corrected chi connectivity index (χ4v) is 3.64. The van der Waals surface area contributed by atoms with Crippen molar-refractivity contribution in [3.05, 3.63) is 11.1 Å². The van der Waals surface area contributed by atoms with Gasteiger partial charge in [-0.05, 0) is 32.1 Å². The second kappa shape index (κ2) is 4.84. The third-order valence-corrected chi connectivity index (χ3v) is 5.74. The summed E-state index contributed by atoms with van der Waals surface area (Å²) >= 11 is 1.38. The standard InChI is InChI=1S/C14H20N2O3S/c1-8-7-20-12(15-8)16-10(17)9-5-6-14(4,11(18)19)13(9,2)3/h7,9H,5-6H2,1-4H3,(H,18,19)(H,15,16,17)/t9-,14+/m0/s1. The van der Waals surface area contributed by atoms with Gasteiger partial charge in [-0.15, -0.1) is 11.3 Å². The lowest BCUT2D eigenvalue weighted by molar-refractivity contribution is -0.154. The van der Waals surface area contributed by atoms with Gasteiger partial charge in [-0.1, -0.05) is 13.8 Å². The van der Waals surface area contributed by atoms with Crippen molar-refractivity contribution in [1.29, 1.82) is 0 Å². The van der Waals surface area contributed by atoms with E-state index in [9.17, 15) is 14.7 Å². The fraction of sp³-hybridized carbons (Fsp3) is 0.643. The second-order valence-corrected chi connectivity index (χ2v) is 7.09. The van der Waals surface area contributed by atoms with Gasteiger partial charge in [-0.3, -0.25) is 9.59 Å². The lowest BCUT2D eigenvalue weighted by atomic mass is 9.65. The molecule has 1 aromatic heterocycles. The molecule has 2 atom stereocenters. The van der Waals surface area contributed by atoms with Crippen molar-refractivity contribution in [2.75, 3.05) is 5.32 Å². The summed E-state index contributed by atoms with van der Waals surface area (Å²) in [7, 11) is 0. The Bertz CT molecular complexity index is 552. The largest absolute Gasteiger partial charge is 0.481 e. The van der Waals surface area contributed by atoms with Crippen LogP contribution in [-0.2, 0) is 9.59 Å². The van der Waals surface area contributed by atoms with E-state index in [0.717, 1.165) is 5.69 Å². The zero-order chi connectivity index (χ0) is 15.1. The van der Waals surface area contributed by atoms with Crippen LogP contribution in [0, 0.1) is 23.7 Å². The van der Waals surface area contributed by atoms with E-state index in [0.29, 0.717) is 18.0 Å². The van der Waals surface area contributed by atoms with Crippen LogP contribution in [0.3, 0.4) is 0 Å². The minimum atomic E-state index is -0.867. The molecule has 1 aliphatic rings. The molecule has 20 heavy (non-hydrogen) atoms. The topological polar surface area (TPSA) is 79.3 Å². The third-order valence-electron chi connectivity index (χ3n) is 4.86. The first kappa shape index (κ1) is 15.0. The van der Waals surface area contributed by atoms with Crippen LogP contribution in [0.15, 0.2) is 5.38 Å². The van der Waals surface area contributed by atoms with Gasteiger partial charge in [0.25, 0.3) is 0 Å². The first-order valence-electron chi connectivity index (χ1n) is 6.65. The van der Waals surface area contributed by atoms with Crippen LogP contribution in [0.2, 0.25) is 0 Å². The number of carbonyl (C=O) groups excluding carboxylic acids is 1. The molecule has 1 aromatic rings. The van der Waals surface area contributed by atoms with Crippen molar-refractivity contribution in [2.45, 2.75) is 40.5 Å². The molecule has 2 rings (SSSR count). The van der Waals surface area contributed by atoms with Gasteiger partial charge in [0.2, 0.25) is 5.91 Å². The molecule has 0 bridgehead atoms. The predicted molar refractivity (Wildman–Crippen MR) is 77.7 cm³/mol. The van der Waals surface area contributed by atoms with E-state index in [1.807, 2.05) is 26.2 Å². The Labute approximate surface area is 122 Å². The molecule has 2 N–H and O–H groups in total. The number of aromatic nitrogens is 1. The molecule has 1 fully saturated rings. The summed E-state index contributed by atoms with van der Waals surface area (Å²) in [5, 5.41) is 14.7. The van der Waals surface area contributed by atoms with Gasteiger partial charge >= 0.3 is 5.97 Å². The lowest BCUT2D eigenvalue weighted by Gasteiger charge is -2.37. The highest BCUT2D eigenvalue weighted by molar-refractivity contribution is 7.13. The van der Waals surface area contributed by atoms with Crippen molar-refractivity contribution in [2.24, 2.45) is 16.7 Å². The van der Waals surface area contributed by atoms with Crippen LogP contribution in [-0.4, -0.2) is 22.0 Å². The molecule has 0 spiro atoms. The fourth-order valence-electron chi connectivity index (χ4n) is 2.95. The smallest absolute Gasteiger partial charge is 0.309 e. The number of carboxylic acids is 1. The SMILES string of the molecule is Cc1csc(NC(=O)[C@@H]2CC[C@](C)(C(=O)O)C2(C)C)n1. The van der Waals surface area contributed by atoms with Crippen molar-refractivity contribution in [1.82, 2.24) is 4.98 Å². The average molecular weight is 296 g/mol. The summed E-state index contributed by atoms with van der Waals surface area (Å²) in [6.07, 6.45) is 1.11. The number of carbonyl (C=O) groups is 2. The molecule has 110 valence electrons. The van der Waals surface area contributed by atoms with Crippen LogP contribution in [0.25, 0.3) is 0 Å². The van der Waals surface area contributed by atoms with Crippen LogP contribution < -0.4 is 5.32 Å². The molecule has 0 aromatic carbocycles. The number of hydrogen-bond donors (Lipinski definition) is 2. The molecule has 0 radical (unpaired) electrons. The highest BCUT2D eigenvalue weighted by atomic mass is 32.1. The van der Waals surface area contributed by atoms with Gasteiger partial charge < -0.3 is 10.4 Å². The summed E-state index contributed by atoms with van der Waals surface area (Å²) in [6, 6.07) is 0. The van der Waals surface area contributed by atoms with Gasteiger partial charge in [0.1, 0.15) is 0 Å². The highest BCUT2D eigenvalue weighted by Gasteiger charge is 2.58. The maximum Gasteiger partial charge on any atom is 0.309 e. The molecule has 1 saturated carbocycles. The van der Waals surface area contributed by atoms with Crippen LogP contribution >= 0.6 is 11.3 Å². The molecular formula is C14H20N2O3S. The summed E-state index contributed by atoms with van der Waals surface area (Å²) in [4.78, 5) is 28.2. The normalized spacial score (nSPS) is 28.3. The number of anilines is 1. The second-order valence-electron chi connectivity index (χ2n) is 6.23. The van der Waals surface area contributed by atoms with E-state index in [2.05, 4.69) is 10.3 Å². The summed E-state index contributed by atoms with van der Waals surface area (Å²) in [6.45, 7) is 7.33. The van der Waals surface area contributed by atoms with Crippen molar-refractivity contribution in [3.8, 4) is 0 Å². The molecule has 5 nitrogen and oxygen atoms in total. The number of aryl methyl sites for hydroxylation is 1. The quantitative estimate of drug-likeness (QED) is 0.899. The predicted octanol–water partition coefficient (Wildman–Crippen LogP) is 2.92. The summed E-state index contributed by atoms with van der Waals surface area (Å²) < 4.78 is 0. The van der Waals surface area contributed by atoms with Crippen LogP contribution in [0.5, 0.6) is 0 Å². The van der Waals surface area contributed by atoms with Gasteiger partial charge in [-0.2, -0.15) is 0 Å². The molecule has 0 aliphatic heterocycles. The van der Waals surface area contributed by atoms with Gasteiger partial charge in [0, 0.05) is 11.3 Å². The molecular weight excluding hydrogens is 276 g/mol. The molecule has 6 heteroatoms. The average Bonchev–Trinajstić information content (AvgIpc) is 2.83. The number of carboxylic acid groups (broad SMARTS) is 1. The van der Waals surface area contributed by atoms with Gasteiger partial charge in [-0.25, -0.2) is 4.98 Å². The molecule has 0 unspecified atom stereocenters.